The van der Waals surface area contributed by atoms with Gasteiger partial charge in [-0.3, -0.25) is 14.8 Å². The third kappa shape index (κ3) is 3.95. The van der Waals surface area contributed by atoms with Crippen molar-refractivity contribution in [2.45, 2.75) is 44.7 Å². The van der Waals surface area contributed by atoms with Crippen molar-refractivity contribution in [3.05, 3.63) is 50.7 Å². The maximum atomic E-state index is 12.4. The lowest BCUT2D eigenvalue weighted by Gasteiger charge is -2.25. The first-order valence-electron chi connectivity index (χ1n) is 9.12. The molecule has 0 aliphatic heterocycles. The van der Waals surface area contributed by atoms with E-state index in [1.807, 2.05) is 6.92 Å². The van der Waals surface area contributed by atoms with Gasteiger partial charge in [-0.2, -0.15) is 0 Å². The van der Waals surface area contributed by atoms with Crippen molar-refractivity contribution in [3.63, 3.8) is 0 Å². The highest BCUT2D eigenvalue weighted by atomic mass is 16.5. The summed E-state index contributed by atoms with van der Waals surface area (Å²) in [6.45, 7) is 2.21. The molecule has 1 saturated carbocycles. The van der Waals surface area contributed by atoms with Gasteiger partial charge in [0.1, 0.15) is 11.3 Å². The van der Waals surface area contributed by atoms with Gasteiger partial charge in [0.25, 0.3) is 5.56 Å². The molecule has 8 nitrogen and oxygen atoms in total. The molecule has 2 aromatic rings. The highest BCUT2D eigenvalue weighted by Gasteiger charge is 2.21. The zero-order valence-corrected chi connectivity index (χ0v) is 15.2. The number of nitrogens with one attached hydrogen (secondary N) is 1. The van der Waals surface area contributed by atoms with E-state index in [2.05, 4.69) is 9.98 Å². The van der Waals surface area contributed by atoms with Gasteiger partial charge in [-0.1, -0.05) is 25.0 Å². The number of aliphatic imine (C=N–C) groups is 1. The molecule has 1 fully saturated rings. The molecule has 8 heteroatoms. The zero-order chi connectivity index (χ0) is 19.4. The van der Waals surface area contributed by atoms with Crippen LogP contribution in [-0.2, 0) is 0 Å². The summed E-state index contributed by atoms with van der Waals surface area (Å²) >= 11 is 0. The SMILES string of the molecule is CCOc1ccccc1-n1c(O)c(C=N[C@H]2CCCC[C@@H]2N)c(=O)[nH]c1=O. The molecule has 144 valence electrons. The number of aromatic amines is 1. The topological polar surface area (TPSA) is 123 Å². The fourth-order valence-electron chi connectivity index (χ4n) is 3.29. The Morgan fingerprint density at radius 1 is 1.33 bits per heavy atom. The smallest absolute Gasteiger partial charge is 0.335 e. The molecule has 1 aromatic heterocycles. The fraction of sp³-hybridized carbons (Fsp3) is 0.421. The number of para-hydroxylation sites is 2. The average Bonchev–Trinajstić information content (AvgIpc) is 2.64. The zero-order valence-electron chi connectivity index (χ0n) is 15.2. The van der Waals surface area contributed by atoms with Crippen molar-refractivity contribution in [1.82, 2.24) is 9.55 Å². The van der Waals surface area contributed by atoms with Crippen LogP contribution in [0.15, 0.2) is 38.8 Å². The van der Waals surface area contributed by atoms with Gasteiger partial charge in [0.05, 0.1) is 18.3 Å². The van der Waals surface area contributed by atoms with Crippen molar-refractivity contribution in [1.29, 1.82) is 0 Å². The molecule has 0 unspecified atom stereocenters. The first kappa shape index (κ1) is 18.9. The predicted octanol–water partition coefficient (Wildman–Crippen LogP) is 1.32. The first-order valence-corrected chi connectivity index (χ1v) is 9.12. The molecule has 4 N–H and O–H groups in total. The number of ether oxygens (including phenoxy) is 1. The standard InChI is InChI=1S/C19H24N4O4/c1-2-27-16-10-6-5-9-15(16)23-18(25)12(17(24)22-19(23)26)11-21-14-8-4-3-7-13(14)20/h5-6,9-11,13-14,25H,2-4,7-8,20H2,1H3,(H,22,24,26)/t13-,14-/m0/s1. The van der Waals surface area contributed by atoms with Gasteiger partial charge in [0.15, 0.2) is 0 Å². The largest absolute Gasteiger partial charge is 0.493 e. The van der Waals surface area contributed by atoms with Crippen LogP contribution in [0.5, 0.6) is 11.6 Å². The van der Waals surface area contributed by atoms with Crippen LogP contribution in [0.3, 0.4) is 0 Å². The van der Waals surface area contributed by atoms with E-state index in [1.54, 1.807) is 24.3 Å². The Hall–Kier alpha value is -2.87. The Kier molecular flexibility index (Phi) is 5.75. The van der Waals surface area contributed by atoms with E-state index in [4.69, 9.17) is 10.5 Å². The molecular formula is C19H24N4O4. The molecule has 1 heterocycles. The second kappa shape index (κ2) is 8.22. The van der Waals surface area contributed by atoms with E-state index in [0.29, 0.717) is 18.0 Å². The van der Waals surface area contributed by atoms with Crippen molar-refractivity contribution in [2.75, 3.05) is 6.61 Å². The van der Waals surface area contributed by atoms with Crippen LogP contribution in [0.2, 0.25) is 0 Å². The Labute approximate surface area is 156 Å². The quantitative estimate of drug-likeness (QED) is 0.683. The predicted molar refractivity (Wildman–Crippen MR) is 103 cm³/mol. The maximum absolute atomic E-state index is 12.4. The molecule has 1 aromatic carbocycles. The summed E-state index contributed by atoms with van der Waals surface area (Å²) in [4.78, 5) is 31.2. The number of hydrogen-bond donors (Lipinski definition) is 3. The Balaban J connectivity index is 2.07. The summed E-state index contributed by atoms with van der Waals surface area (Å²) < 4.78 is 6.54. The van der Waals surface area contributed by atoms with Crippen LogP contribution >= 0.6 is 0 Å². The van der Waals surface area contributed by atoms with Gasteiger partial charge in [0, 0.05) is 12.3 Å². The van der Waals surface area contributed by atoms with E-state index >= 15 is 0 Å². The van der Waals surface area contributed by atoms with Crippen LogP contribution in [-0.4, -0.2) is 39.6 Å². The van der Waals surface area contributed by atoms with Crippen molar-refractivity contribution in [3.8, 4) is 17.3 Å². The number of nitrogens with zero attached hydrogens (tertiary/aromatic N) is 2. The van der Waals surface area contributed by atoms with Crippen molar-refractivity contribution in [2.24, 2.45) is 10.7 Å². The van der Waals surface area contributed by atoms with Crippen LogP contribution in [0, 0.1) is 0 Å². The van der Waals surface area contributed by atoms with E-state index in [-0.39, 0.29) is 17.6 Å². The van der Waals surface area contributed by atoms with Gasteiger partial charge < -0.3 is 15.6 Å². The number of H-pyrrole nitrogens is 1. The van der Waals surface area contributed by atoms with Crippen molar-refractivity contribution < 1.29 is 9.84 Å². The Morgan fingerprint density at radius 2 is 2.07 bits per heavy atom. The Morgan fingerprint density at radius 3 is 2.81 bits per heavy atom. The summed E-state index contributed by atoms with van der Waals surface area (Å²) in [5, 5.41) is 10.7. The van der Waals surface area contributed by atoms with Crippen molar-refractivity contribution >= 4 is 6.21 Å². The van der Waals surface area contributed by atoms with E-state index in [1.165, 1.54) is 6.21 Å². The third-order valence-corrected chi connectivity index (χ3v) is 4.70. The molecule has 3 rings (SSSR count). The normalized spacial score (nSPS) is 20.1. The second-order valence-corrected chi connectivity index (χ2v) is 6.53. The number of rotatable bonds is 5. The molecule has 0 amide bonds. The summed E-state index contributed by atoms with van der Waals surface area (Å²) in [5.74, 6) is -0.0642. The number of aromatic hydroxyl groups is 1. The number of nitrogens with two attached hydrogens (primary N) is 1. The van der Waals surface area contributed by atoms with Crippen LogP contribution in [0.1, 0.15) is 38.2 Å². The van der Waals surface area contributed by atoms with Gasteiger partial charge in [-0.25, -0.2) is 9.36 Å². The minimum Gasteiger partial charge on any atom is -0.493 e. The van der Waals surface area contributed by atoms with Gasteiger partial charge in [-0.15, -0.1) is 0 Å². The minimum absolute atomic E-state index is 0.0687. The second-order valence-electron chi connectivity index (χ2n) is 6.53. The van der Waals surface area contributed by atoms with Crippen LogP contribution < -0.4 is 21.7 Å². The molecule has 0 saturated heterocycles. The van der Waals surface area contributed by atoms with Crippen LogP contribution in [0.25, 0.3) is 5.69 Å². The highest BCUT2D eigenvalue weighted by molar-refractivity contribution is 5.82. The van der Waals surface area contributed by atoms with Crippen LogP contribution in [0.4, 0.5) is 0 Å². The monoisotopic (exact) mass is 372 g/mol. The molecular weight excluding hydrogens is 348 g/mol. The molecule has 0 bridgehead atoms. The van der Waals surface area contributed by atoms with Gasteiger partial charge in [0.2, 0.25) is 5.88 Å². The summed E-state index contributed by atoms with van der Waals surface area (Å²) in [5.41, 5.74) is 4.88. The fourth-order valence-corrected chi connectivity index (χ4v) is 3.29. The summed E-state index contributed by atoms with van der Waals surface area (Å²) in [6.07, 6.45) is 5.12. The highest BCUT2D eigenvalue weighted by Crippen LogP contribution is 2.25. The lowest BCUT2D eigenvalue weighted by atomic mass is 9.91. The molecule has 2 atom stereocenters. The average molecular weight is 372 g/mol. The third-order valence-electron chi connectivity index (χ3n) is 4.70. The number of aromatic nitrogens is 2. The molecule has 0 spiro atoms. The summed E-state index contributed by atoms with van der Waals surface area (Å²) in [7, 11) is 0. The molecule has 27 heavy (non-hydrogen) atoms. The van der Waals surface area contributed by atoms with E-state index in [0.717, 1.165) is 30.3 Å². The van der Waals surface area contributed by atoms with Gasteiger partial charge >= 0.3 is 5.69 Å². The molecule has 0 radical (unpaired) electrons. The van der Waals surface area contributed by atoms with Gasteiger partial charge in [-0.05, 0) is 31.9 Å². The molecule has 1 aliphatic carbocycles. The Bertz CT molecular complexity index is 947. The molecule has 1 aliphatic rings. The summed E-state index contributed by atoms with van der Waals surface area (Å²) in [6, 6.07) is 6.61. The maximum Gasteiger partial charge on any atom is 0.335 e. The number of hydrogen-bond acceptors (Lipinski definition) is 6. The first-order chi connectivity index (χ1) is 13.0. The minimum atomic E-state index is -0.754. The lowest BCUT2D eigenvalue weighted by Crippen LogP contribution is -2.36. The lowest BCUT2D eigenvalue weighted by molar-refractivity contribution is 0.336. The van der Waals surface area contributed by atoms with E-state index < -0.39 is 17.1 Å². The van der Waals surface area contributed by atoms with E-state index in [9.17, 15) is 14.7 Å². The number of benzene rings is 1.